The van der Waals surface area contributed by atoms with Gasteiger partial charge in [0.05, 0.1) is 11.1 Å². The van der Waals surface area contributed by atoms with Gasteiger partial charge in [-0.25, -0.2) is 4.39 Å². The number of rotatable bonds is 4. The molecule has 1 aliphatic carbocycles. The maximum Gasteiger partial charge on any atom is 0.141 e. The first-order chi connectivity index (χ1) is 9.13. The van der Waals surface area contributed by atoms with Gasteiger partial charge in [-0.2, -0.15) is 0 Å². The van der Waals surface area contributed by atoms with Crippen LogP contribution in [0.2, 0.25) is 5.02 Å². The Morgan fingerprint density at radius 3 is 2.84 bits per heavy atom. The molecular weight excluding hydrogens is 265 g/mol. The van der Waals surface area contributed by atoms with Gasteiger partial charge in [-0.15, -0.1) is 0 Å². The van der Waals surface area contributed by atoms with E-state index in [1.54, 1.807) is 12.1 Å². The molecule has 0 amide bonds. The van der Waals surface area contributed by atoms with Crippen LogP contribution in [0.1, 0.15) is 30.1 Å². The number of nitrogens with zero attached hydrogens (tertiary/aromatic N) is 1. The molecule has 1 aliphatic rings. The van der Waals surface area contributed by atoms with E-state index in [1.807, 2.05) is 23.0 Å². The van der Waals surface area contributed by atoms with Crippen molar-refractivity contribution in [3.8, 4) is 0 Å². The summed E-state index contributed by atoms with van der Waals surface area (Å²) >= 11 is 5.76. The topological polar surface area (TPSA) is 25.2 Å². The van der Waals surface area contributed by atoms with E-state index in [2.05, 4.69) is 0 Å². The second-order valence-corrected chi connectivity index (χ2v) is 5.56. The molecule has 1 fully saturated rings. The molecular formula is C15H15ClFNO. The average molecular weight is 280 g/mol. The molecule has 1 unspecified atom stereocenters. The summed E-state index contributed by atoms with van der Waals surface area (Å²) < 4.78 is 15.0. The molecule has 1 atom stereocenters. The van der Waals surface area contributed by atoms with Crippen LogP contribution in [0.3, 0.4) is 0 Å². The molecule has 2 nitrogen and oxygen atoms in total. The van der Waals surface area contributed by atoms with Crippen molar-refractivity contribution in [3.05, 3.63) is 58.6 Å². The van der Waals surface area contributed by atoms with E-state index in [4.69, 9.17) is 11.6 Å². The fraction of sp³-hybridized carbons (Fsp3) is 0.333. The number of benzene rings is 1. The van der Waals surface area contributed by atoms with E-state index >= 15 is 0 Å². The van der Waals surface area contributed by atoms with E-state index in [0.717, 1.165) is 24.0 Å². The van der Waals surface area contributed by atoms with Gasteiger partial charge in [-0.1, -0.05) is 17.7 Å². The van der Waals surface area contributed by atoms with Crippen molar-refractivity contribution in [2.75, 3.05) is 0 Å². The molecule has 1 saturated carbocycles. The standard InChI is InChI=1S/C15H15ClFNO/c16-13-7-10(1-4-14(13)17)8-18-6-5-12(9-18)15(19)11-2-3-11/h1,4-7,9,11,15,19H,2-3,8H2. The highest BCUT2D eigenvalue weighted by atomic mass is 35.5. The Morgan fingerprint density at radius 2 is 2.16 bits per heavy atom. The minimum Gasteiger partial charge on any atom is -0.388 e. The van der Waals surface area contributed by atoms with Crippen LogP contribution in [-0.4, -0.2) is 9.67 Å². The first kappa shape index (κ1) is 12.7. The van der Waals surface area contributed by atoms with Gasteiger partial charge in [0.1, 0.15) is 5.82 Å². The van der Waals surface area contributed by atoms with Gasteiger partial charge >= 0.3 is 0 Å². The van der Waals surface area contributed by atoms with Crippen molar-refractivity contribution in [3.63, 3.8) is 0 Å². The summed E-state index contributed by atoms with van der Waals surface area (Å²) in [4.78, 5) is 0. The number of hydrogen-bond donors (Lipinski definition) is 1. The van der Waals surface area contributed by atoms with Gasteiger partial charge in [0.15, 0.2) is 0 Å². The summed E-state index contributed by atoms with van der Waals surface area (Å²) in [5.41, 5.74) is 1.89. The van der Waals surface area contributed by atoms with Gasteiger partial charge < -0.3 is 9.67 Å². The molecule has 3 rings (SSSR count). The smallest absolute Gasteiger partial charge is 0.141 e. The molecule has 1 N–H and O–H groups in total. The lowest BCUT2D eigenvalue weighted by atomic mass is 10.1. The van der Waals surface area contributed by atoms with Crippen molar-refractivity contribution in [1.29, 1.82) is 0 Å². The molecule has 1 aromatic heterocycles. The van der Waals surface area contributed by atoms with Gasteiger partial charge in [0.2, 0.25) is 0 Å². The summed E-state index contributed by atoms with van der Waals surface area (Å²) in [7, 11) is 0. The Balaban J connectivity index is 1.74. The third-order valence-electron chi connectivity index (χ3n) is 3.53. The molecule has 2 aromatic rings. The third kappa shape index (κ3) is 2.82. The van der Waals surface area contributed by atoms with Gasteiger partial charge in [0, 0.05) is 18.9 Å². The van der Waals surface area contributed by atoms with Crippen LogP contribution in [0.25, 0.3) is 0 Å². The summed E-state index contributed by atoms with van der Waals surface area (Å²) in [6.07, 6.45) is 5.75. The summed E-state index contributed by atoms with van der Waals surface area (Å²) in [5, 5.41) is 10.2. The quantitative estimate of drug-likeness (QED) is 0.905. The Labute approximate surface area is 116 Å². The van der Waals surface area contributed by atoms with Gasteiger partial charge in [-0.05, 0) is 48.1 Å². The number of aliphatic hydroxyl groups is 1. The molecule has 4 heteroatoms. The first-order valence-corrected chi connectivity index (χ1v) is 6.79. The predicted octanol–water partition coefficient (Wildman–Crippen LogP) is 3.77. The van der Waals surface area contributed by atoms with Crippen molar-refractivity contribution >= 4 is 11.6 Å². The van der Waals surface area contributed by atoms with Gasteiger partial charge in [-0.3, -0.25) is 0 Å². The van der Waals surface area contributed by atoms with Crippen LogP contribution in [0.4, 0.5) is 4.39 Å². The maximum absolute atomic E-state index is 13.1. The molecule has 100 valence electrons. The zero-order valence-corrected chi connectivity index (χ0v) is 11.1. The lowest BCUT2D eigenvalue weighted by Crippen LogP contribution is -2.00. The third-order valence-corrected chi connectivity index (χ3v) is 3.82. The highest BCUT2D eigenvalue weighted by molar-refractivity contribution is 6.30. The second kappa shape index (κ2) is 4.99. The molecule has 0 bridgehead atoms. The normalized spacial score (nSPS) is 16.6. The fourth-order valence-corrected chi connectivity index (χ4v) is 2.47. The Hall–Kier alpha value is -1.32. The van der Waals surface area contributed by atoms with Crippen LogP contribution in [-0.2, 0) is 6.54 Å². The van der Waals surface area contributed by atoms with Gasteiger partial charge in [0.25, 0.3) is 0 Å². The van der Waals surface area contributed by atoms with E-state index < -0.39 is 5.82 Å². The van der Waals surface area contributed by atoms with Crippen molar-refractivity contribution in [2.24, 2.45) is 5.92 Å². The Morgan fingerprint density at radius 1 is 1.37 bits per heavy atom. The van der Waals surface area contributed by atoms with E-state index in [9.17, 15) is 9.50 Å². The van der Waals surface area contributed by atoms with E-state index in [1.165, 1.54) is 6.07 Å². The minimum absolute atomic E-state index is 0.142. The van der Waals surface area contributed by atoms with Crippen LogP contribution in [0.5, 0.6) is 0 Å². The van der Waals surface area contributed by atoms with Crippen molar-refractivity contribution < 1.29 is 9.50 Å². The van der Waals surface area contributed by atoms with Crippen LogP contribution < -0.4 is 0 Å². The number of halogens is 2. The molecule has 0 radical (unpaired) electrons. The highest BCUT2D eigenvalue weighted by Crippen LogP contribution is 2.40. The molecule has 19 heavy (non-hydrogen) atoms. The van der Waals surface area contributed by atoms with E-state index in [0.29, 0.717) is 12.5 Å². The predicted molar refractivity (Wildman–Crippen MR) is 72.6 cm³/mol. The molecule has 1 aromatic carbocycles. The Bertz CT molecular complexity index is 592. The zero-order valence-electron chi connectivity index (χ0n) is 10.4. The van der Waals surface area contributed by atoms with Crippen LogP contribution in [0.15, 0.2) is 36.7 Å². The van der Waals surface area contributed by atoms with E-state index in [-0.39, 0.29) is 11.1 Å². The zero-order chi connectivity index (χ0) is 13.4. The maximum atomic E-state index is 13.1. The lowest BCUT2D eigenvalue weighted by Gasteiger charge is -2.07. The average Bonchev–Trinajstić information content (AvgIpc) is 3.14. The molecule has 1 heterocycles. The second-order valence-electron chi connectivity index (χ2n) is 5.15. The SMILES string of the molecule is OC(c1ccn(Cc2ccc(F)c(Cl)c2)c1)C1CC1. The van der Waals surface area contributed by atoms with Crippen molar-refractivity contribution in [1.82, 2.24) is 4.57 Å². The number of hydrogen-bond acceptors (Lipinski definition) is 1. The lowest BCUT2D eigenvalue weighted by molar-refractivity contribution is 0.154. The number of aromatic nitrogens is 1. The molecule has 0 aliphatic heterocycles. The van der Waals surface area contributed by atoms with Crippen LogP contribution in [0, 0.1) is 11.7 Å². The largest absolute Gasteiger partial charge is 0.388 e. The first-order valence-electron chi connectivity index (χ1n) is 6.41. The minimum atomic E-state index is -0.400. The highest BCUT2D eigenvalue weighted by Gasteiger charge is 2.31. The molecule has 0 saturated heterocycles. The van der Waals surface area contributed by atoms with Crippen LogP contribution >= 0.6 is 11.6 Å². The summed E-state index contributed by atoms with van der Waals surface area (Å²) in [6, 6.07) is 6.67. The summed E-state index contributed by atoms with van der Waals surface area (Å²) in [6.45, 7) is 0.622. The molecule has 0 spiro atoms. The fourth-order valence-electron chi connectivity index (χ4n) is 2.27. The monoisotopic (exact) mass is 279 g/mol. The Kier molecular flexibility index (Phi) is 3.33. The number of aliphatic hydroxyl groups excluding tert-OH is 1. The summed E-state index contributed by atoms with van der Waals surface area (Å²) in [5.74, 6) is 0.0267. The van der Waals surface area contributed by atoms with Crippen molar-refractivity contribution in [2.45, 2.75) is 25.5 Å².